The molecule has 10 heteroatoms. The number of aliphatic hydroxyl groups excluding tert-OH is 1. The van der Waals surface area contributed by atoms with Gasteiger partial charge in [0.2, 0.25) is 5.91 Å². The van der Waals surface area contributed by atoms with Crippen LogP contribution in [0.25, 0.3) is 32.9 Å². The number of carbonyl (C=O) groups excluding carboxylic acids is 2. The van der Waals surface area contributed by atoms with E-state index < -0.39 is 36.3 Å². The number of amides is 2. The molecule has 4 aromatic rings. The summed E-state index contributed by atoms with van der Waals surface area (Å²) in [5.74, 6) is -1.31. The number of alkyl halides is 3. The Bertz CT molecular complexity index is 1400. The lowest BCUT2D eigenvalue weighted by Gasteiger charge is -2.12. The molecule has 0 saturated heterocycles. The highest BCUT2D eigenvalue weighted by Gasteiger charge is 2.34. The number of aliphatic hydroxyl groups is 1. The van der Waals surface area contributed by atoms with Crippen LogP contribution >= 0.6 is 0 Å². The number of carbonyl (C=O) groups is 2. The second-order valence-corrected chi connectivity index (χ2v) is 7.45. The maximum Gasteiger partial charge on any atom is 0.433 e. The molecule has 2 aromatic carbocycles. The van der Waals surface area contributed by atoms with E-state index in [0.717, 1.165) is 6.20 Å². The van der Waals surface area contributed by atoms with Gasteiger partial charge in [-0.05, 0) is 47.7 Å². The zero-order chi connectivity index (χ0) is 23.9. The molecule has 170 valence electrons. The highest BCUT2D eigenvalue weighted by molar-refractivity contribution is 6.09. The molecule has 0 aliphatic carbocycles. The van der Waals surface area contributed by atoms with Crippen molar-refractivity contribution >= 4 is 33.6 Å². The number of aromatic nitrogens is 1. The third-order valence-corrected chi connectivity index (χ3v) is 5.29. The van der Waals surface area contributed by atoms with Gasteiger partial charge in [0.25, 0.3) is 5.91 Å². The Labute approximate surface area is 185 Å². The summed E-state index contributed by atoms with van der Waals surface area (Å²) in [6.45, 7) is 0.887. The third-order valence-electron chi connectivity index (χ3n) is 5.29. The Balaban J connectivity index is 1.82. The van der Waals surface area contributed by atoms with Gasteiger partial charge in [-0.25, -0.2) is 0 Å². The summed E-state index contributed by atoms with van der Waals surface area (Å²) in [5.41, 5.74) is 5.72. The van der Waals surface area contributed by atoms with Crippen LogP contribution in [0.1, 0.15) is 21.8 Å². The van der Waals surface area contributed by atoms with Gasteiger partial charge in [-0.2, -0.15) is 13.2 Å². The first-order valence-electron chi connectivity index (χ1n) is 9.80. The van der Waals surface area contributed by atoms with Crippen LogP contribution in [0.4, 0.5) is 13.2 Å². The minimum absolute atomic E-state index is 0.0452. The fourth-order valence-corrected chi connectivity index (χ4v) is 3.69. The number of pyridine rings is 1. The van der Waals surface area contributed by atoms with E-state index in [1.807, 2.05) is 0 Å². The smallest absolute Gasteiger partial charge is 0.433 e. The zero-order valence-corrected chi connectivity index (χ0v) is 17.2. The lowest BCUT2D eigenvalue weighted by Crippen LogP contribution is -2.46. The van der Waals surface area contributed by atoms with Gasteiger partial charge in [0.05, 0.1) is 12.2 Å². The summed E-state index contributed by atoms with van der Waals surface area (Å²) in [5, 5.41) is 12.4. The standard InChI is InChI=1S/C23H18F3N3O4/c1-11-19(22(32)29-17(10-30)21(27)31)16-9-14(4-5-18(16)33-11)13-3-2-12-6-7-28-20(15(12)8-13)23(24,25)26/h2-9,17,30H,10H2,1H3,(H2,27,31)(H,29,32)/t17-/m0/s1. The van der Waals surface area contributed by atoms with Crippen LogP contribution in [0.3, 0.4) is 0 Å². The number of benzene rings is 2. The first-order valence-corrected chi connectivity index (χ1v) is 9.80. The Morgan fingerprint density at radius 1 is 1.12 bits per heavy atom. The normalized spacial score (nSPS) is 12.8. The molecule has 0 aliphatic rings. The van der Waals surface area contributed by atoms with E-state index in [1.54, 1.807) is 37.3 Å². The summed E-state index contributed by atoms with van der Waals surface area (Å²) < 4.78 is 45.9. The first-order chi connectivity index (χ1) is 15.6. The average molecular weight is 457 g/mol. The maximum atomic E-state index is 13.4. The Morgan fingerprint density at radius 2 is 1.79 bits per heavy atom. The highest BCUT2D eigenvalue weighted by atomic mass is 19.4. The van der Waals surface area contributed by atoms with Crippen LogP contribution in [0.15, 0.2) is 53.1 Å². The van der Waals surface area contributed by atoms with Crippen molar-refractivity contribution in [1.82, 2.24) is 10.3 Å². The Kier molecular flexibility index (Phi) is 5.54. The number of fused-ring (bicyclic) bond motifs is 2. The van der Waals surface area contributed by atoms with Crippen molar-refractivity contribution in [3.63, 3.8) is 0 Å². The third kappa shape index (κ3) is 4.12. The number of primary amides is 1. The molecule has 0 bridgehead atoms. The number of nitrogens with one attached hydrogen (secondary N) is 1. The SMILES string of the molecule is Cc1oc2ccc(-c3ccc4ccnc(C(F)(F)F)c4c3)cc2c1C(=O)N[C@@H](CO)C(N)=O. The van der Waals surface area contributed by atoms with Gasteiger partial charge in [0.15, 0.2) is 5.69 Å². The first kappa shape index (κ1) is 22.3. The average Bonchev–Trinajstić information content (AvgIpc) is 3.10. The lowest BCUT2D eigenvalue weighted by atomic mass is 9.98. The molecule has 2 aromatic heterocycles. The van der Waals surface area contributed by atoms with Gasteiger partial charge >= 0.3 is 6.18 Å². The summed E-state index contributed by atoms with van der Waals surface area (Å²) in [6.07, 6.45) is -3.50. The second-order valence-electron chi connectivity index (χ2n) is 7.45. The topological polar surface area (TPSA) is 118 Å². The van der Waals surface area contributed by atoms with Crippen molar-refractivity contribution in [2.24, 2.45) is 5.73 Å². The van der Waals surface area contributed by atoms with E-state index in [9.17, 15) is 27.9 Å². The molecular weight excluding hydrogens is 439 g/mol. The Morgan fingerprint density at radius 3 is 2.42 bits per heavy atom. The molecule has 7 nitrogen and oxygen atoms in total. The minimum Gasteiger partial charge on any atom is -0.461 e. The van der Waals surface area contributed by atoms with Gasteiger partial charge in [-0.1, -0.05) is 18.2 Å². The zero-order valence-electron chi connectivity index (χ0n) is 17.2. The van der Waals surface area contributed by atoms with Crippen LogP contribution in [-0.2, 0) is 11.0 Å². The van der Waals surface area contributed by atoms with Crippen molar-refractivity contribution in [3.05, 3.63) is 65.7 Å². The molecule has 0 spiro atoms. The number of nitrogens with two attached hydrogens (primary N) is 1. The van der Waals surface area contributed by atoms with Crippen LogP contribution in [0.2, 0.25) is 0 Å². The predicted octanol–water partition coefficient (Wildman–Crippen LogP) is 3.55. The Hall–Kier alpha value is -3.92. The van der Waals surface area contributed by atoms with Gasteiger partial charge in [0, 0.05) is 17.0 Å². The van der Waals surface area contributed by atoms with Gasteiger partial charge < -0.3 is 20.6 Å². The molecular formula is C23H18F3N3O4. The highest BCUT2D eigenvalue weighted by Crippen LogP contribution is 2.36. The predicted molar refractivity (Wildman–Crippen MR) is 114 cm³/mol. The number of furan rings is 1. The number of rotatable bonds is 5. The molecule has 0 aliphatic heterocycles. The number of halogens is 3. The van der Waals surface area contributed by atoms with Crippen LogP contribution in [-0.4, -0.2) is 34.6 Å². The van der Waals surface area contributed by atoms with Crippen LogP contribution in [0, 0.1) is 6.92 Å². The van der Waals surface area contributed by atoms with Crippen LogP contribution < -0.4 is 11.1 Å². The monoisotopic (exact) mass is 457 g/mol. The fraction of sp³-hybridized carbons (Fsp3) is 0.174. The van der Waals surface area contributed by atoms with Crippen LogP contribution in [0.5, 0.6) is 0 Å². The molecule has 2 amide bonds. The number of hydrogen-bond acceptors (Lipinski definition) is 5. The fourth-order valence-electron chi connectivity index (χ4n) is 3.69. The molecule has 0 unspecified atom stereocenters. The van der Waals surface area contributed by atoms with Crippen molar-refractivity contribution in [1.29, 1.82) is 0 Å². The van der Waals surface area contributed by atoms with E-state index in [2.05, 4.69) is 10.3 Å². The lowest BCUT2D eigenvalue weighted by molar-refractivity contribution is -0.139. The molecule has 0 fully saturated rings. The molecule has 0 radical (unpaired) electrons. The van der Waals surface area contributed by atoms with Crippen molar-refractivity contribution in [2.75, 3.05) is 6.61 Å². The molecule has 1 atom stereocenters. The molecule has 0 saturated carbocycles. The molecule has 4 rings (SSSR count). The number of aryl methyl sites for hydroxylation is 1. The molecule has 33 heavy (non-hydrogen) atoms. The van der Waals surface area contributed by atoms with E-state index in [-0.39, 0.29) is 16.7 Å². The van der Waals surface area contributed by atoms with Crippen molar-refractivity contribution in [2.45, 2.75) is 19.1 Å². The number of nitrogens with zero attached hydrogens (tertiary/aromatic N) is 1. The van der Waals surface area contributed by atoms with E-state index in [1.165, 1.54) is 12.1 Å². The van der Waals surface area contributed by atoms with Gasteiger partial charge in [-0.3, -0.25) is 14.6 Å². The van der Waals surface area contributed by atoms with E-state index >= 15 is 0 Å². The number of hydrogen-bond donors (Lipinski definition) is 3. The second kappa shape index (κ2) is 8.21. The van der Waals surface area contributed by atoms with Gasteiger partial charge in [-0.15, -0.1) is 0 Å². The quantitative estimate of drug-likeness (QED) is 0.424. The van der Waals surface area contributed by atoms with Crippen molar-refractivity contribution in [3.8, 4) is 11.1 Å². The maximum absolute atomic E-state index is 13.4. The van der Waals surface area contributed by atoms with Crippen molar-refractivity contribution < 1.29 is 32.3 Å². The van der Waals surface area contributed by atoms with E-state index in [4.69, 9.17) is 10.2 Å². The minimum atomic E-state index is -4.61. The molecule has 2 heterocycles. The largest absolute Gasteiger partial charge is 0.461 e. The van der Waals surface area contributed by atoms with E-state index in [0.29, 0.717) is 27.5 Å². The summed E-state index contributed by atoms with van der Waals surface area (Å²) >= 11 is 0. The summed E-state index contributed by atoms with van der Waals surface area (Å²) in [7, 11) is 0. The molecule has 4 N–H and O–H groups in total. The summed E-state index contributed by atoms with van der Waals surface area (Å²) in [4.78, 5) is 27.6. The summed E-state index contributed by atoms with van der Waals surface area (Å²) in [6, 6.07) is 9.73. The van der Waals surface area contributed by atoms with Gasteiger partial charge in [0.1, 0.15) is 17.4 Å².